The molecule has 5 nitrogen and oxygen atoms in total. The largest absolute Gasteiger partial charge is 0.311 e. The van der Waals surface area contributed by atoms with Crippen LogP contribution in [-0.2, 0) is 16.6 Å². The van der Waals surface area contributed by atoms with Gasteiger partial charge in [0.15, 0.2) is 0 Å². The fraction of sp³-hybridized carbons (Fsp3) is 0.0952. The summed E-state index contributed by atoms with van der Waals surface area (Å²) in [6.45, 7) is -0.183. The lowest BCUT2D eigenvalue weighted by Crippen LogP contribution is -2.27. The highest BCUT2D eigenvalue weighted by Crippen LogP contribution is 2.18. The quantitative estimate of drug-likeness (QED) is 0.690. The molecular formula is C21H19FN2O3S. The summed E-state index contributed by atoms with van der Waals surface area (Å²) in [5, 5.41) is 0. The Labute approximate surface area is 163 Å². The molecule has 0 saturated heterocycles. The molecule has 0 aliphatic carbocycles. The monoisotopic (exact) mass is 398 g/mol. The number of nitrogens with one attached hydrogen (secondary N) is 1. The van der Waals surface area contributed by atoms with Gasteiger partial charge in [0, 0.05) is 30.4 Å². The minimum Gasteiger partial charge on any atom is -0.311 e. The smallest absolute Gasteiger partial charge is 0.258 e. The van der Waals surface area contributed by atoms with E-state index in [2.05, 4.69) is 4.72 Å². The van der Waals surface area contributed by atoms with Crippen molar-refractivity contribution >= 4 is 21.6 Å². The number of hydrogen-bond acceptors (Lipinski definition) is 3. The molecule has 0 aliphatic heterocycles. The normalized spacial score (nSPS) is 11.2. The molecule has 0 aliphatic rings. The first kappa shape index (κ1) is 19.7. The number of rotatable bonds is 6. The van der Waals surface area contributed by atoms with Crippen molar-refractivity contribution in [3.05, 3.63) is 95.8 Å². The molecule has 0 unspecified atom stereocenters. The molecule has 0 heterocycles. The first-order valence-electron chi connectivity index (χ1n) is 8.55. The predicted molar refractivity (Wildman–Crippen MR) is 106 cm³/mol. The van der Waals surface area contributed by atoms with Crippen molar-refractivity contribution in [3.63, 3.8) is 0 Å². The van der Waals surface area contributed by atoms with Gasteiger partial charge in [-0.3, -0.25) is 4.79 Å². The van der Waals surface area contributed by atoms with Crippen molar-refractivity contribution in [2.75, 3.05) is 11.9 Å². The van der Waals surface area contributed by atoms with E-state index in [0.717, 1.165) is 0 Å². The number of sulfonamides is 1. The summed E-state index contributed by atoms with van der Waals surface area (Å²) in [6, 6.07) is 20.7. The fourth-order valence-corrected chi connectivity index (χ4v) is 3.71. The van der Waals surface area contributed by atoms with Crippen LogP contribution in [0.4, 0.5) is 10.1 Å². The Kier molecular flexibility index (Phi) is 5.87. The van der Waals surface area contributed by atoms with Gasteiger partial charge >= 0.3 is 0 Å². The molecule has 0 spiro atoms. The number of nitrogens with zero attached hydrogens (tertiary/aromatic N) is 1. The molecule has 3 rings (SSSR count). The highest BCUT2D eigenvalue weighted by molar-refractivity contribution is 7.89. The first-order chi connectivity index (χ1) is 13.4. The first-order valence-corrected chi connectivity index (χ1v) is 10.0. The Morgan fingerprint density at radius 3 is 2.36 bits per heavy atom. The Hall–Kier alpha value is -3.03. The molecule has 144 valence electrons. The summed E-state index contributed by atoms with van der Waals surface area (Å²) in [7, 11) is -2.29. The van der Waals surface area contributed by atoms with Crippen LogP contribution in [0.25, 0.3) is 0 Å². The van der Waals surface area contributed by atoms with Gasteiger partial charge in [-0.05, 0) is 36.4 Å². The summed E-state index contributed by atoms with van der Waals surface area (Å²) in [5.74, 6) is -0.823. The molecule has 3 aromatic carbocycles. The molecule has 0 aromatic heterocycles. The number of carbonyl (C=O) groups excluding carboxylic acids is 1. The maximum absolute atomic E-state index is 13.7. The van der Waals surface area contributed by atoms with Crippen LogP contribution in [0.1, 0.15) is 15.9 Å². The standard InChI is InChI=1S/C21H19FN2O3S/c1-24(18-10-3-2-4-11-18)21(25)16-9-7-12-19(14-16)28(26,27)23-15-17-8-5-6-13-20(17)22/h2-14,23H,15H2,1H3. The molecule has 7 heteroatoms. The molecule has 1 N–H and O–H groups in total. The van der Waals surface area contributed by atoms with Crippen molar-refractivity contribution in [2.24, 2.45) is 0 Å². The van der Waals surface area contributed by atoms with Gasteiger partial charge in [-0.15, -0.1) is 0 Å². The van der Waals surface area contributed by atoms with E-state index in [1.54, 1.807) is 31.3 Å². The second kappa shape index (κ2) is 8.33. The van der Waals surface area contributed by atoms with Gasteiger partial charge in [-0.25, -0.2) is 17.5 Å². The van der Waals surface area contributed by atoms with Gasteiger partial charge in [-0.2, -0.15) is 0 Å². The summed E-state index contributed by atoms with van der Waals surface area (Å²) >= 11 is 0. The molecular weight excluding hydrogens is 379 g/mol. The molecule has 0 fully saturated rings. The third-order valence-corrected chi connectivity index (χ3v) is 5.65. The van der Waals surface area contributed by atoms with Crippen molar-refractivity contribution in [3.8, 4) is 0 Å². The number of anilines is 1. The summed E-state index contributed by atoms with van der Waals surface area (Å²) in [5.41, 5.74) is 1.17. The highest BCUT2D eigenvalue weighted by Gasteiger charge is 2.19. The van der Waals surface area contributed by atoms with Crippen LogP contribution in [0.3, 0.4) is 0 Å². The van der Waals surface area contributed by atoms with Gasteiger partial charge in [0.1, 0.15) is 5.82 Å². The summed E-state index contributed by atoms with van der Waals surface area (Å²) in [4.78, 5) is 14.1. The molecule has 3 aromatic rings. The second-order valence-corrected chi connectivity index (χ2v) is 7.91. The van der Waals surface area contributed by atoms with Crippen LogP contribution in [0.2, 0.25) is 0 Å². The third kappa shape index (κ3) is 4.44. The highest BCUT2D eigenvalue weighted by atomic mass is 32.2. The molecule has 1 amide bonds. The Morgan fingerprint density at radius 1 is 0.964 bits per heavy atom. The Morgan fingerprint density at radius 2 is 1.64 bits per heavy atom. The van der Waals surface area contributed by atoms with Crippen LogP contribution in [-0.4, -0.2) is 21.4 Å². The zero-order chi connectivity index (χ0) is 20.1. The van der Waals surface area contributed by atoms with Gasteiger partial charge in [0.2, 0.25) is 10.0 Å². The van der Waals surface area contributed by atoms with E-state index in [4.69, 9.17) is 0 Å². The van der Waals surface area contributed by atoms with Crippen LogP contribution in [0.15, 0.2) is 83.8 Å². The van der Waals surface area contributed by atoms with E-state index >= 15 is 0 Å². The van der Waals surface area contributed by atoms with Crippen LogP contribution < -0.4 is 9.62 Å². The average Bonchev–Trinajstić information content (AvgIpc) is 2.73. The van der Waals surface area contributed by atoms with E-state index < -0.39 is 15.8 Å². The summed E-state index contributed by atoms with van der Waals surface area (Å²) in [6.07, 6.45) is 0. The topological polar surface area (TPSA) is 66.5 Å². The minimum atomic E-state index is -3.91. The molecule has 0 bridgehead atoms. The second-order valence-electron chi connectivity index (χ2n) is 6.14. The molecule has 0 radical (unpaired) electrons. The lowest BCUT2D eigenvalue weighted by atomic mass is 10.2. The predicted octanol–water partition coefficient (Wildman–Crippen LogP) is 3.58. The molecule has 0 saturated carbocycles. The summed E-state index contributed by atoms with van der Waals surface area (Å²) < 4.78 is 41.2. The van der Waals surface area contributed by atoms with E-state index in [1.807, 2.05) is 18.2 Å². The van der Waals surface area contributed by atoms with Crippen molar-refractivity contribution in [1.29, 1.82) is 0 Å². The minimum absolute atomic E-state index is 0.0591. The lowest BCUT2D eigenvalue weighted by Gasteiger charge is -2.17. The van der Waals surface area contributed by atoms with E-state index in [-0.39, 0.29) is 28.5 Å². The van der Waals surface area contributed by atoms with E-state index in [1.165, 1.54) is 41.3 Å². The fourth-order valence-electron chi connectivity index (χ4n) is 2.66. The zero-order valence-corrected chi connectivity index (χ0v) is 16.0. The van der Waals surface area contributed by atoms with Gasteiger partial charge < -0.3 is 4.90 Å². The molecule has 28 heavy (non-hydrogen) atoms. The van der Waals surface area contributed by atoms with Crippen LogP contribution >= 0.6 is 0 Å². The third-order valence-electron chi connectivity index (χ3n) is 4.25. The number of para-hydroxylation sites is 1. The van der Waals surface area contributed by atoms with Crippen molar-refractivity contribution < 1.29 is 17.6 Å². The zero-order valence-electron chi connectivity index (χ0n) is 15.2. The average molecular weight is 398 g/mol. The number of benzene rings is 3. The number of hydrogen-bond donors (Lipinski definition) is 1. The van der Waals surface area contributed by atoms with Crippen molar-refractivity contribution in [1.82, 2.24) is 4.72 Å². The van der Waals surface area contributed by atoms with Gasteiger partial charge in [0.25, 0.3) is 5.91 Å². The van der Waals surface area contributed by atoms with Gasteiger partial charge in [0.05, 0.1) is 4.90 Å². The lowest BCUT2D eigenvalue weighted by molar-refractivity contribution is 0.0993. The number of amides is 1. The molecule has 0 atom stereocenters. The number of carbonyl (C=O) groups is 1. The SMILES string of the molecule is CN(C(=O)c1cccc(S(=O)(=O)NCc2ccccc2F)c1)c1ccccc1. The van der Waals surface area contributed by atoms with Crippen LogP contribution in [0.5, 0.6) is 0 Å². The van der Waals surface area contributed by atoms with E-state index in [0.29, 0.717) is 5.69 Å². The maximum Gasteiger partial charge on any atom is 0.258 e. The number of halogens is 1. The maximum atomic E-state index is 13.7. The Bertz CT molecular complexity index is 1090. The van der Waals surface area contributed by atoms with Crippen molar-refractivity contribution in [2.45, 2.75) is 11.4 Å². The van der Waals surface area contributed by atoms with Gasteiger partial charge in [-0.1, -0.05) is 42.5 Å². The van der Waals surface area contributed by atoms with E-state index in [9.17, 15) is 17.6 Å². The Balaban J connectivity index is 1.80. The van der Waals surface area contributed by atoms with Crippen LogP contribution in [0, 0.1) is 5.82 Å².